The lowest BCUT2D eigenvalue weighted by atomic mass is 10.1. The molecule has 21 heavy (non-hydrogen) atoms. The zero-order chi connectivity index (χ0) is 15.8. The van der Waals surface area contributed by atoms with E-state index in [0.717, 1.165) is 12.3 Å². The first-order chi connectivity index (χ1) is 9.90. The summed E-state index contributed by atoms with van der Waals surface area (Å²) in [5.74, 6) is 1.03. The Bertz CT molecular complexity index is 427. The molecule has 1 aromatic carbocycles. The molecule has 2 N–H and O–H groups in total. The number of carbonyl (C=O) groups excluding carboxylic acids is 1. The molecule has 0 heterocycles. The SMILES string of the molecule is CC(C)Oc1ccc(C(C)NCCNC(=O)C(C)C)cc1. The molecule has 1 rings (SSSR count). The topological polar surface area (TPSA) is 50.4 Å². The quantitative estimate of drug-likeness (QED) is 0.724. The van der Waals surface area contributed by atoms with Crippen molar-refractivity contribution < 1.29 is 9.53 Å². The van der Waals surface area contributed by atoms with Crippen molar-refractivity contribution in [3.8, 4) is 5.75 Å². The summed E-state index contributed by atoms with van der Waals surface area (Å²) in [6.07, 6.45) is 0.191. The molecular weight excluding hydrogens is 264 g/mol. The average molecular weight is 292 g/mol. The number of amides is 1. The van der Waals surface area contributed by atoms with Gasteiger partial charge in [0.25, 0.3) is 0 Å². The van der Waals surface area contributed by atoms with Gasteiger partial charge in [-0.3, -0.25) is 4.79 Å². The van der Waals surface area contributed by atoms with Gasteiger partial charge in [-0.25, -0.2) is 0 Å². The Balaban J connectivity index is 2.35. The Kier molecular flexibility index (Phi) is 7.23. The Morgan fingerprint density at radius 1 is 1.05 bits per heavy atom. The first kappa shape index (κ1) is 17.5. The summed E-state index contributed by atoms with van der Waals surface area (Å²) in [4.78, 5) is 11.4. The number of hydrogen-bond acceptors (Lipinski definition) is 3. The third kappa shape index (κ3) is 6.63. The Hall–Kier alpha value is -1.55. The van der Waals surface area contributed by atoms with E-state index in [1.165, 1.54) is 5.56 Å². The molecule has 0 aromatic heterocycles. The predicted octanol–water partition coefficient (Wildman–Crippen LogP) is 2.90. The molecule has 0 aliphatic carbocycles. The molecule has 0 saturated heterocycles. The monoisotopic (exact) mass is 292 g/mol. The second-order valence-corrected chi connectivity index (χ2v) is 5.86. The van der Waals surface area contributed by atoms with Crippen molar-refractivity contribution in [1.29, 1.82) is 0 Å². The number of nitrogens with one attached hydrogen (secondary N) is 2. The van der Waals surface area contributed by atoms with Crippen LogP contribution < -0.4 is 15.4 Å². The molecule has 0 spiro atoms. The summed E-state index contributed by atoms with van der Waals surface area (Å²) in [5.41, 5.74) is 1.21. The van der Waals surface area contributed by atoms with Crippen molar-refractivity contribution in [2.75, 3.05) is 13.1 Å². The van der Waals surface area contributed by atoms with Crippen molar-refractivity contribution in [1.82, 2.24) is 10.6 Å². The molecule has 1 aromatic rings. The molecule has 0 saturated carbocycles. The molecule has 0 aliphatic heterocycles. The third-order valence-corrected chi connectivity index (χ3v) is 3.15. The lowest BCUT2D eigenvalue weighted by Crippen LogP contribution is -2.35. The first-order valence-corrected chi connectivity index (χ1v) is 7.68. The highest BCUT2D eigenvalue weighted by atomic mass is 16.5. The van der Waals surface area contributed by atoms with E-state index >= 15 is 0 Å². The smallest absolute Gasteiger partial charge is 0.222 e. The molecule has 4 nitrogen and oxygen atoms in total. The van der Waals surface area contributed by atoms with E-state index in [4.69, 9.17) is 4.74 Å². The lowest BCUT2D eigenvalue weighted by Gasteiger charge is -2.16. The molecule has 0 aliphatic rings. The Morgan fingerprint density at radius 2 is 1.67 bits per heavy atom. The standard InChI is InChI=1S/C17H28N2O2/c1-12(2)17(20)19-11-10-18-14(5)15-6-8-16(9-7-15)21-13(3)4/h6-9,12-14,18H,10-11H2,1-5H3,(H,19,20). The summed E-state index contributed by atoms with van der Waals surface area (Å²) in [6.45, 7) is 11.3. The summed E-state index contributed by atoms with van der Waals surface area (Å²) in [6, 6.07) is 8.38. The van der Waals surface area contributed by atoms with E-state index in [1.807, 2.05) is 39.8 Å². The molecule has 1 amide bonds. The highest BCUT2D eigenvalue weighted by molar-refractivity contribution is 5.77. The molecule has 4 heteroatoms. The van der Waals surface area contributed by atoms with Crippen molar-refractivity contribution in [2.45, 2.75) is 46.8 Å². The van der Waals surface area contributed by atoms with E-state index in [9.17, 15) is 4.79 Å². The van der Waals surface area contributed by atoms with E-state index in [2.05, 4.69) is 29.7 Å². The van der Waals surface area contributed by atoms with Gasteiger partial charge in [0.15, 0.2) is 0 Å². The van der Waals surface area contributed by atoms with Gasteiger partial charge < -0.3 is 15.4 Å². The van der Waals surface area contributed by atoms with Crippen molar-refractivity contribution >= 4 is 5.91 Å². The molecule has 118 valence electrons. The fourth-order valence-electron chi connectivity index (χ4n) is 1.90. The molecule has 0 radical (unpaired) electrons. The van der Waals surface area contributed by atoms with Crippen LogP contribution in [-0.4, -0.2) is 25.1 Å². The summed E-state index contributed by atoms with van der Waals surface area (Å²) < 4.78 is 5.63. The molecule has 0 bridgehead atoms. The van der Waals surface area contributed by atoms with Gasteiger partial charge in [-0.15, -0.1) is 0 Å². The highest BCUT2D eigenvalue weighted by Crippen LogP contribution is 2.18. The highest BCUT2D eigenvalue weighted by Gasteiger charge is 2.07. The van der Waals surface area contributed by atoms with Gasteiger partial charge in [-0.05, 0) is 38.5 Å². The third-order valence-electron chi connectivity index (χ3n) is 3.15. The fourth-order valence-corrected chi connectivity index (χ4v) is 1.90. The maximum atomic E-state index is 11.4. The van der Waals surface area contributed by atoms with E-state index < -0.39 is 0 Å². The maximum absolute atomic E-state index is 11.4. The van der Waals surface area contributed by atoms with Crippen LogP contribution in [0.2, 0.25) is 0 Å². The summed E-state index contributed by atoms with van der Waals surface area (Å²) in [5, 5.41) is 6.30. The second-order valence-electron chi connectivity index (χ2n) is 5.86. The van der Waals surface area contributed by atoms with Gasteiger partial charge in [0.05, 0.1) is 6.10 Å². The first-order valence-electron chi connectivity index (χ1n) is 7.68. The van der Waals surface area contributed by atoms with Crippen LogP contribution in [0.5, 0.6) is 5.75 Å². The van der Waals surface area contributed by atoms with Gasteiger partial charge in [-0.1, -0.05) is 26.0 Å². The van der Waals surface area contributed by atoms with Gasteiger partial charge in [-0.2, -0.15) is 0 Å². The van der Waals surface area contributed by atoms with Crippen LogP contribution in [0, 0.1) is 5.92 Å². The largest absolute Gasteiger partial charge is 0.491 e. The maximum Gasteiger partial charge on any atom is 0.222 e. The van der Waals surface area contributed by atoms with Gasteiger partial charge in [0, 0.05) is 25.0 Å². The molecule has 1 unspecified atom stereocenters. The predicted molar refractivity (Wildman–Crippen MR) is 86.5 cm³/mol. The van der Waals surface area contributed by atoms with Crippen LogP contribution >= 0.6 is 0 Å². The second kappa shape index (κ2) is 8.67. The van der Waals surface area contributed by atoms with Crippen LogP contribution in [0.4, 0.5) is 0 Å². The van der Waals surface area contributed by atoms with E-state index in [-0.39, 0.29) is 24.0 Å². The molecule has 0 fully saturated rings. The van der Waals surface area contributed by atoms with Crippen LogP contribution in [0.25, 0.3) is 0 Å². The number of ether oxygens (including phenoxy) is 1. The van der Waals surface area contributed by atoms with Crippen molar-refractivity contribution in [2.24, 2.45) is 5.92 Å². The van der Waals surface area contributed by atoms with Gasteiger partial charge in [0.2, 0.25) is 5.91 Å². The van der Waals surface area contributed by atoms with E-state index in [1.54, 1.807) is 0 Å². The molecular formula is C17H28N2O2. The fraction of sp³-hybridized carbons (Fsp3) is 0.588. The van der Waals surface area contributed by atoms with Gasteiger partial charge in [0.1, 0.15) is 5.75 Å². The zero-order valence-corrected chi connectivity index (χ0v) is 13.8. The van der Waals surface area contributed by atoms with Crippen LogP contribution in [0.3, 0.4) is 0 Å². The van der Waals surface area contributed by atoms with Gasteiger partial charge >= 0.3 is 0 Å². The lowest BCUT2D eigenvalue weighted by molar-refractivity contribution is -0.123. The minimum absolute atomic E-state index is 0.0379. The number of carbonyl (C=O) groups is 1. The summed E-state index contributed by atoms with van der Waals surface area (Å²) >= 11 is 0. The van der Waals surface area contributed by atoms with Crippen LogP contribution in [-0.2, 0) is 4.79 Å². The minimum Gasteiger partial charge on any atom is -0.491 e. The Morgan fingerprint density at radius 3 is 2.19 bits per heavy atom. The summed E-state index contributed by atoms with van der Waals surface area (Å²) in [7, 11) is 0. The average Bonchev–Trinajstić information content (AvgIpc) is 2.43. The zero-order valence-electron chi connectivity index (χ0n) is 13.8. The molecule has 1 atom stereocenters. The number of rotatable bonds is 8. The minimum atomic E-state index is 0.0379. The number of hydrogen-bond donors (Lipinski definition) is 2. The van der Waals surface area contributed by atoms with Crippen LogP contribution in [0.15, 0.2) is 24.3 Å². The van der Waals surface area contributed by atoms with Crippen molar-refractivity contribution in [3.05, 3.63) is 29.8 Å². The normalized spacial score (nSPS) is 12.5. The number of benzene rings is 1. The Labute approximate surface area is 128 Å². The van der Waals surface area contributed by atoms with Crippen molar-refractivity contribution in [3.63, 3.8) is 0 Å². The van der Waals surface area contributed by atoms with E-state index in [0.29, 0.717) is 6.54 Å². The van der Waals surface area contributed by atoms with Crippen LogP contribution in [0.1, 0.15) is 46.2 Å².